The van der Waals surface area contributed by atoms with Crippen LogP contribution >= 0.6 is 0 Å². The minimum absolute atomic E-state index is 0.197. The summed E-state index contributed by atoms with van der Waals surface area (Å²) < 4.78 is 10.4. The fraction of sp³-hybridized carbons (Fsp3) is 0.450. The van der Waals surface area contributed by atoms with Gasteiger partial charge in [-0.3, -0.25) is 4.79 Å². The zero-order valence-electron chi connectivity index (χ0n) is 16.4. The SMILES string of the molecule is COCCC1(NC(=O)Nc2cccc(C)c2)CCN(C(=O)c2coc(C)n2)C1. The predicted molar refractivity (Wildman–Crippen MR) is 104 cm³/mol. The highest BCUT2D eigenvalue weighted by molar-refractivity contribution is 5.93. The summed E-state index contributed by atoms with van der Waals surface area (Å²) in [6, 6.07) is 7.30. The van der Waals surface area contributed by atoms with Crippen LogP contribution in [0, 0.1) is 13.8 Å². The van der Waals surface area contributed by atoms with Gasteiger partial charge in [0.25, 0.3) is 5.91 Å². The number of hydrogen-bond donors (Lipinski definition) is 2. The number of methoxy groups -OCH3 is 1. The number of nitrogens with zero attached hydrogens (tertiary/aromatic N) is 2. The maximum absolute atomic E-state index is 12.7. The molecular weight excluding hydrogens is 360 g/mol. The molecule has 8 heteroatoms. The van der Waals surface area contributed by atoms with Crippen molar-refractivity contribution in [2.75, 3.05) is 32.1 Å². The number of benzene rings is 1. The van der Waals surface area contributed by atoms with Crippen LogP contribution in [0.25, 0.3) is 0 Å². The van der Waals surface area contributed by atoms with Crippen molar-refractivity contribution in [2.24, 2.45) is 0 Å². The van der Waals surface area contributed by atoms with Gasteiger partial charge in [-0.2, -0.15) is 0 Å². The average molecular weight is 386 g/mol. The molecule has 28 heavy (non-hydrogen) atoms. The first-order chi connectivity index (χ1) is 13.4. The number of rotatable bonds is 6. The number of oxazole rings is 1. The first-order valence-electron chi connectivity index (χ1n) is 9.27. The molecule has 0 radical (unpaired) electrons. The summed E-state index contributed by atoms with van der Waals surface area (Å²) in [5.74, 6) is 0.251. The second kappa shape index (κ2) is 8.43. The smallest absolute Gasteiger partial charge is 0.319 e. The molecule has 2 aromatic rings. The Balaban J connectivity index is 1.68. The number of carbonyl (C=O) groups excluding carboxylic acids is 2. The molecule has 0 saturated carbocycles. The number of amides is 3. The highest BCUT2D eigenvalue weighted by Crippen LogP contribution is 2.27. The van der Waals surface area contributed by atoms with E-state index in [-0.39, 0.29) is 17.6 Å². The van der Waals surface area contributed by atoms with Gasteiger partial charge in [-0.1, -0.05) is 12.1 Å². The third-order valence-electron chi connectivity index (χ3n) is 4.92. The molecule has 0 aliphatic carbocycles. The minimum Gasteiger partial charge on any atom is -0.448 e. The zero-order valence-corrected chi connectivity index (χ0v) is 16.4. The van der Waals surface area contributed by atoms with Crippen molar-refractivity contribution in [1.29, 1.82) is 0 Å². The summed E-state index contributed by atoms with van der Waals surface area (Å²) in [7, 11) is 1.62. The van der Waals surface area contributed by atoms with Crippen LogP contribution in [0.5, 0.6) is 0 Å². The summed E-state index contributed by atoms with van der Waals surface area (Å²) in [6.07, 6.45) is 2.61. The number of anilines is 1. The Morgan fingerprint density at radius 2 is 2.18 bits per heavy atom. The van der Waals surface area contributed by atoms with Crippen molar-refractivity contribution in [3.05, 3.63) is 47.7 Å². The van der Waals surface area contributed by atoms with E-state index in [0.717, 1.165) is 11.3 Å². The number of urea groups is 1. The number of aromatic nitrogens is 1. The molecule has 1 aromatic heterocycles. The van der Waals surface area contributed by atoms with E-state index in [9.17, 15) is 9.59 Å². The summed E-state index contributed by atoms with van der Waals surface area (Å²) >= 11 is 0. The van der Waals surface area contributed by atoms with Gasteiger partial charge in [-0.05, 0) is 37.5 Å². The Bertz CT molecular complexity index is 850. The van der Waals surface area contributed by atoms with Gasteiger partial charge in [0.2, 0.25) is 0 Å². The van der Waals surface area contributed by atoms with E-state index >= 15 is 0 Å². The Labute approximate surface area is 164 Å². The molecule has 1 aliphatic heterocycles. The highest BCUT2D eigenvalue weighted by atomic mass is 16.5. The molecule has 1 unspecified atom stereocenters. The summed E-state index contributed by atoms with van der Waals surface area (Å²) in [4.78, 5) is 31.1. The fourth-order valence-electron chi connectivity index (χ4n) is 3.46. The van der Waals surface area contributed by atoms with E-state index in [2.05, 4.69) is 15.6 Å². The van der Waals surface area contributed by atoms with E-state index in [0.29, 0.717) is 38.4 Å². The topological polar surface area (TPSA) is 96.7 Å². The Kier molecular flexibility index (Phi) is 5.99. The van der Waals surface area contributed by atoms with E-state index in [1.165, 1.54) is 6.26 Å². The molecule has 1 fully saturated rings. The third-order valence-corrected chi connectivity index (χ3v) is 4.92. The number of ether oxygens (including phenoxy) is 1. The second-order valence-electron chi connectivity index (χ2n) is 7.20. The van der Waals surface area contributed by atoms with Gasteiger partial charge < -0.3 is 24.7 Å². The molecule has 8 nitrogen and oxygen atoms in total. The van der Waals surface area contributed by atoms with E-state index < -0.39 is 5.54 Å². The first kappa shape index (κ1) is 19.9. The summed E-state index contributed by atoms with van der Waals surface area (Å²) in [5.41, 5.74) is 1.51. The van der Waals surface area contributed by atoms with Gasteiger partial charge in [0.15, 0.2) is 11.6 Å². The Hall–Kier alpha value is -2.87. The molecule has 2 N–H and O–H groups in total. The summed E-state index contributed by atoms with van der Waals surface area (Å²) in [6.45, 7) is 5.06. The summed E-state index contributed by atoms with van der Waals surface area (Å²) in [5, 5.41) is 5.94. The lowest BCUT2D eigenvalue weighted by Gasteiger charge is -2.30. The van der Waals surface area contributed by atoms with Gasteiger partial charge in [-0.15, -0.1) is 0 Å². The molecule has 1 aromatic carbocycles. The maximum atomic E-state index is 12.7. The van der Waals surface area contributed by atoms with Crippen molar-refractivity contribution in [3.63, 3.8) is 0 Å². The molecular formula is C20H26N4O4. The molecule has 2 heterocycles. The quantitative estimate of drug-likeness (QED) is 0.796. The Morgan fingerprint density at radius 3 is 2.86 bits per heavy atom. The van der Waals surface area contributed by atoms with Crippen molar-refractivity contribution in [2.45, 2.75) is 32.2 Å². The van der Waals surface area contributed by atoms with Crippen LogP contribution < -0.4 is 10.6 Å². The van der Waals surface area contributed by atoms with Crippen LogP contribution in [-0.4, -0.2) is 54.2 Å². The van der Waals surface area contributed by atoms with Crippen LogP contribution in [0.1, 0.15) is 34.8 Å². The molecule has 3 rings (SSSR count). The van der Waals surface area contributed by atoms with Gasteiger partial charge >= 0.3 is 6.03 Å². The van der Waals surface area contributed by atoms with Crippen molar-refractivity contribution >= 4 is 17.6 Å². The van der Waals surface area contributed by atoms with Gasteiger partial charge in [0.1, 0.15) is 6.26 Å². The van der Waals surface area contributed by atoms with Gasteiger partial charge in [0.05, 0.1) is 5.54 Å². The van der Waals surface area contributed by atoms with Crippen LogP contribution in [0.15, 0.2) is 34.9 Å². The average Bonchev–Trinajstić information content (AvgIpc) is 3.26. The van der Waals surface area contributed by atoms with Crippen LogP contribution in [-0.2, 0) is 4.74 Å². The van der Waals surface area contributed by atoms with Crippen molar-refractivity contribution in [1.82, 2.24) is 15.2 Å². The van der Waals surface area contributed by atoms with E-state index in [1.807, 2.05) is 31.2 Å². The van der Waals surface area contributed by atoms with E-state index in [4.69, 9.17) is 9.15 Å². The lowest BCUT2D eigenvalue weighted by Crippen LogP contribution is -2.53. The maximum Gasteiger partial charge on any atom is 0.319 e. The number of aryl methyl sites for hydroxylation is 2. The normalized spacial score (nSPS) is 18.9. The number of hydrogen-bond acceptors (Lipinski definition) is 5. The molecule has 0 bridgehead atoms. The standard InChI is InChI=1S/C20H26N4O4/c1-14-5-4-6-16(11-14)22-19(26)23-20(8-10-27-3)7-9-24(13-20)18(25)17-12-28-15(2)21-17/h4-6,11-12H,7-10,13H2,1-3H3,(H2,22,23,26). The third kappa shape index (κ3) is 4.69. The fourth-order valence-corrected chi connectivity index (χ4v) is 3.46. The number of nitrogens with one attached hydrogen (secondary N) is 2. The van der Waals surface area contributed by atoms with E-state index in [1.54, 1.807) is 18.9 Å². The predicted octanol–water partition coefficient (Wildman–Crippen LogP) is 2.73. The number of carbonyl (C=O) groups is 2. The van der Waals surface area contributed by atoms with Crippen molar-refractivity contribution in [3.8, 4) is 0 Å². The lowest BCUT2D eigenvalue weighted by atomic mass is 9.94. The lowest BCUT2D eigenvalue weighted by molar-refractivity contribution is 0.0767. The monoisotopic (exact) mass is 386 g/mol. The first-order valence-corrected chi connectivity index (χ1v) is 9.27. The van der Waals surface area contributed by atoms with Crippen LogP contribution in [0.3, 0.4) is 0 Å². The molecule has 0 spiro atoms. The molecule has 150 valence electrons. The minimum atomic E-state index is -0.557. The largest absolute Gasteiger partial charge is 0.448 e. The van der Waals surface area contributed by atoms with Crippen LogP contribution in [0.2, 0.25) is 0 Å². The van der Waals surface area contributed by atoms with Gasteiger partial charge in [-0.25, -0.2) is 9.78 Å². The van der Waals surface area contributed by atoms with Gasteiger partial charge in [0, 0.05) is 39.4 Å². The highest BCUT2D eigenvalue weighted by Gasteiger charge is 2.41. The molecule has 3 amide bonds. The van der Waals surface area contributed by atoms with Crippen molar-refractivity contribution < 1.29 is 18.7 Å². The molecule has 1 atom stereocenters. The Morgan fingerprint density at radius 1 is 1.36 bits per heavy atom. The molecule has 1 saturated heterocycles. The number of likely N-dealkylation sites (tertiary alicyclic amines) is 1. The zero-order chi connectivity index (χ0) is 20.1. The molecule has 1 aliphatic rings. The van der Waals surface area contributed by atoms with Crippen LogP contribution in [0.4, 0.5) is 10.5 Å². The second-order valence-corrected chi connectivity index (χ2v) is 7.20.